The second kappa shape index (κ2) is 7.09. The van der Waals surface area contributed by atoms with Gasteiger partial charge >= 0.3 is 12.2 Å². The highest BCUT2D eigenvalue weighted by Crippen LogP contribution is 2.37. The second-order valence-electron chi connectivity index (χ2n) is 6.19. The molecule has 5 nitrogen and oxygen atoms in total. The standard InChI is InChI=1S/C17H15Cl2F3N4O/c1-9-5-10(17(20,21)22)6-14(24-9)25-7-11(8-25)26(16(23)27)13-4-2-3-12(18)15(13)19/h2-6,11H,7-8H2,1H3,(H2,23,27). The van der Waals surface area contributed by atoms with E-state index < -0.39 is 17.8 Å². The van der Waals surface area contributed by atoms with Gasteiger partial charge in [-0.05, 0) is 31.2 Å². The van der Waals surface area contributed by atoms with Gasteiger partial charge in [-0.15, -0.1) is 0 Å². The minimum Gasteiger partial charge on any atom is -0.352 e. The summed E-state index contributed by atoms with van der Waals surface area (Å²) in [4.78, 5) is 19.0. The van der Waals surface area contributed by atoms with Crippen molar-refractivity contribution in [3.63, 3.8) is 0 Å². The molecule has 144 valence electrons. The molecule has 27 heavy (non-hydrogen) atoms. The average molecular weight is 419 g/mol. The number of carbonyl (C=O) groups excluding carboxylic acids is 1. The van der Waals surface area contributed by atoms with Gasteiger partial charge in [0.25, 0.3) is 0 Å². The van der Waals surface area contributed by atoms with Crippen LogP contribution in [0.3, 0.4) is 0 Å². The zero-order valence-corrected chi connectivity index (χ0v) is 15.6. The van der Waals surface area contributed by atoms with Crippen LogP contribution in [0.1, 0.15) is 11.3 Å². The number of alkyl halides is 3. The maximum atomic E-state index is 13.0. The minimum atomic E-state index is -4.46. The van der Waals surface area contributed by atoms with Crippen LogP contribution in [0.25, 0.3) is 0 Å². The molecule has 3 rings (SSSR count). The van der Waals surface area contributed by atoms with Crippen LogP contribution in [0.15, 0.2) is 30.3 Å². The summed E-state index contributed by atoms with van der Waals surface area (Å²) in [6.07, 6.45) is -4.46. The first-order valence-electron chi connectivity index (χ1n) is 7.91. The topological polar surface area (TPSA) is 62.5 Å². The fourth-order valence-corrected chi connectivity index (χ4v) is 3.34. The molecule has 10 heteroatoms. The number of hydrogen-bond donors (Lipinski definition) is 1. The number of pyridine rings is 1. The number of anilines is 2. The fourth-order valence-electron chi connectivity index (χ4n) is 2.96. The van der Waals surface area contributed by atoms with E-state index in [-0.39, 0.29) is 40.7 Å². The summed E-state index contributed by atoms with van der Waals surface area (Å²) < 4.78 is 39.0. The predicted octanol–water partition coefficient (Wildman–Crippen LogP) is 4.49. The van der Waals surface area contributed by atoms with Crippen LogP contribution in [0.2, 0.25) is 10.0 Å². The van der Waals surface area contributed by atoms with E-state index in [1.807, 2.05) is 0 Å². The zero-order chi connectivity index (χ0) is 19.9. The highest BCUT2D eigenvalue weighted by Gasteiger charge is 2.38. The lowest BCUT2D eigenvalue weighted by Gasteiger charge is -2.45. The summed E-state index contributed by atoms with van der Waals surface area (Å²) in [6, 6.07) is 5.70. The Bertz CT molecular complexity index is 885. The number of hydrogen-bond acceptors (Lipinski definition) is 3. The summed E-state index contributed by atoms with van der Waals surface area (Å²) in [5.74, 6) is 0.195. The van der Waals surface area contributed by atoms with Crippen LogP contribution in [0.5, 0.6) is 0 Å². The van der Waals surface area contributed by atoms with Crippen LogP contribution in [0, 0.1) is 6.92 Å². The van der Waals surface area contributed by atoms with Crippen molar-refractivity contribution in [1.29, 1.82) is 0 Å². The molecule has 1 aliphatic rings. The maximum Gasteiger partial charge on any atom is 0.416 e. The molecule has 1 aromatic carbocycles. The lowest BCUT2D eigenvalue weighted by atomic mass is 10.1. The molecule has 0 spiro atoms. The van der Waals surface area contributed by atoms with Gasteiger partial charge in [0.1, 0.15) is 5.82 Å². The Balaban J connectivity index is 1.83. The van der Waals surface area contributed by atoms with E-state index in [0.29, 0.717) is 5.69 Å². The van der Waals surface area contributed by atoms with Gasteiger partial charge in [-0.1, -0.05) is 29.3 Å². The Morgan fingerprint density at radius 2 is 1.96 bits per heavy atom. The van der Waals surface area contributed by atoms with E-state index in [9.17, 15) is 18.0 Å². The highest BCUT2D eigenvalue weighted by atomic mass is 35.5. The molecule has 0 bridgehead atoms. The number of carbonyl (C=O) groups is 1. The number of urea groups is 1. The summed E-state index contributed by atoms with van der Waals surface area (Å²) in [5.41, 5.74) is 5.34. The molecular formula is C17H15Cl2F3N4O. The van der Waals surface area contributed by atoms with Crippen molar-refractivity contribution in [2.45, 2.75) is 19.1 Å². The summed E-state index contributed by atoms with van der Waals surface area (Å²) in [7, 11) is 0. The largest absolute Gasteiger partial charge is 0.416 e. The maximum absolute atomic E-state index is 13.0. The molecule has 1 aromatic heterocycles. The van der Waals surface area contributed by atoms with Crippen molar-refractivity contribution in [1.82, 2.24) is 4.98 Å². The molecule has 2 heterocycles. The van der Waals surface area contributed by atoms with E-state index in [2.05, 4.69) is 4.98 Å². The smallest absolute Gasteiger partial charge is 0.352 e. The minimum absolute atomic E-state index is 0.185. The van der Waals surface area contributed by atoms with Gasteiger partial charge < -0.3 is 10.6 Å². The van der Waals surface area contributed by atoms with E-state index in [1.165, 1.54) is 11.8 Å². The summed E-state index contributed by atoms with van der Waals surface area (Å²) in [5, 5.41) is 0.455. The van der Waals surface area contributed by atoms with Gasteiger partial charge in [-0.25, -0.2) is 9.78 Å². The van der Waals surface area contributed by atoms with Crippen LogP contribution in [-0.4, -0.2) is 30.1 Å². The van der Waals surface area contributed by atoms with Gasteiger partial charge in [0.15, 0.2) is 0 Å². The number of primary amides is 1. The molecule has 1 fully saturated rings. The third-order valence-corrected chi connectivity index (χ3v) is 5.06. The highest BCUT2D eigenvalue weighted by molar-refractivity contribution is 6.44. The number of rotatable bonds is 3. The first kappa shape index (κ1) is 19.6. The van der Waals surface area contributed by atoms with Crippen molar-refractivity contribution in [3.05, 3.63) is 51.6 Å². The second-order valence-corrected chi connectivity index (χ2v) is 6.98. The first-order valence-corrected chi connectivity index (χ1v) is 8.67. The van der Waals surface area contributed by atoms with Gasteiger partial charge in [0.05, 0.1) is 27.3 Å². The molecule has 0 atom stereocenters. The number of nitrogens with zero attached hydrogens (tertiary/aromatic N) is 3. The summed E-state index contributed by atoms with van der Waals surface area (Å²) >= 11 is 12.2. The van der Waals surface area contributed by atoms with Crippen molar-refractivity contribution < 1.29 is 18.0 Å². The normalized spacial score (nSPS) is 14.8. The first-order chi connectivity index (χ1) is 12.6. The molecule has 0 unspecified atom stereocenters. The lowest BCUT2D eigenvalue weighted by Crippen LogP contribution is -2.62. The monoisotopic (exact) mass is 418 g/mol. The van der Waals surface area contributed by atoms with Crippen LogP contribution in [-0.2, 0) is 6.18 Å². The van der Waals surface area contributed by atoms with E-state index in [4.69, 9.17) is 28.9 Å². The van der Waals surface area contributed by atoms with E-state index >= 15 is 0 Å². The van der Waals surface area contributed by atoms with Crippen molar-refractivity contribution in [3.8, 4) is 0 Å². The average Bonchev–Trinajstić information content (AvgIpc) is 2.51. The number of halogens is 5. The molecule has 1 aliphatic heterocycles. The predicted molar refractivity (Wildman–Crippen MR) is 98.5 cm³/mol. The Kier molecular flexibility index (Phi) is 5.14. The van der Waals surface area contributed by atoms with Crippen molar-refractivity contribution in [2.24, 2.45) is 5.73 Å². The van der Waals surface area contributed by atoms with E-state index in [1.54, 1.807) is 23.1 Å². The lowest BCUT2D eigenvalue weighted by molar-refractivity contribution is -0.137. The number of nitrogens with two attached hydrogens (primary N) is 1. The summed E-state index contributed by atoms with van der Waals surface area (Å²) in [6.45, 7) is 2.02. The third kappa shape index (κ3) is 3.91. The van der Waals surface area contributed by atoms with Crippen LogP contribution in [0.4, 0.5) is 29.5 Å². The number of aryl methyl sites for hydroxylation is 1. The van der Waals surface area contributed by atoms with Crippen molar-refractivity contribution in [2.75, 3.05) is 22.9 Å². The van der Waals surface area contributed by atoms with Gasteiger partial charge in [0, 0.05) is 18.8 Å². The van der Waals surface area contributed by atoms with Gasteiger partial charge in [0.2, 0.25) is 0 Å². The Labute approximate surface area is 163 Å². The molecule has 0 aliphatic carbocycles. The molecule has 0 saturated carbocycles. The number of benzene rings is 1. The molecule has 1 saturated heterocycles. The quantitative estimate of drug-likeness (QED) is 0.798. The zero-order valence-electron chi connectivity index (χ0n) is 14.1. The van der Waals surface area contributed by atoms with Gasteiger partial charge in [-0.3, -0.25) is 4.90 Å². The Morgan fingerprint density at radius 3 is 2.56 bits per heavy atom. The van der Waals surface area contributed by atoms with E-state index in [0.717, 1.165) is 12.1 Å². The van der Waals surface area contributed by atoms with Gasteiger partial charge in [-0.2, -0.15) is 13.2 Å². The van der Waals surface area contributed by atoms with Crippen LogP contribution >= 0.6 is 23.2 Å². The molecule has 0 radical (unpaired) electrons. The molecule has 2 N–H and O–H groups in total. The number of aromatic nitrogens is 1. The molecule has 2 amide bonds. The Morgan fingerprint density at radius 1 is 1.30 bits per heavy atom. The number of amides is 2. The SMILES string of the molecule is Cc1cc(C(F)(F)F)cc(N2CC(N(C(N)=O)c3cccc(Cl)c3Cl)C2)n1. The molecule has 2 aromatic rings. The fraction of sp³-hybridized carbons (Fsp3) is 0.294. The molecular weight excluding hydrogens is 404 g/mol. The Hall–Kier alpha value is -2.19. The third-order valence-electron chi connectivity index (χ3n) is 4.25. The van der Waals surface area contributed by atoms with Crippen molar-refractivity contribution >= 4 is 40.7 Å². The van der Waals surface area contributed by atoms with Crippen LogP contribution < -0.4 is 15.5 Å².